The fourth-order valence-corrected chi connectivity index (χ4v) is 3.48. The SMILES string of the molecule is Cc1cccc(NC(=O)CNC(=O)[C@@H]2Cc3ccccc3CN2C(=O)OC(C)(C)C)c1. The molecule has 2 aromatic carbocycles. The Hall–Kier alpha value is -3.35. The van der Waals surface area contributed by atoms with Crippen molar-refractivity contribution in [3.8, 4) is 0 Å². The average Bonchev–Trinajstić information content (AvgIpc) is 2.69. The smallest absolute Gasteiger partial charge is 0.411 e. The maximum Gasteiger partial charge on any atom is 0.411 e. The standard InChI is InChI=1S/C24H29N3O4/c1-16-8-7-11-19(12-16)26-21(28)14-25-22(29)20-13-17-9-5-6-10-18(17)15-27(20)23(30)31-24(2,3)4/h5-12,20H,13-15H2,1-4H3,(H,25,29)(H,26,28)/t20-/m0/s1. The molecule has 1 aliphatic heterocycles. The highest BCUT2D eigenvalue weighted by molar-refractivity contribution is 5.96. The molecule has 2 N–H and O–H groups in total. The molecule has 0 aliphatic carbocycles. The molecular formula is C24H29N3O4. The van der Waals surface area contributed by atoms with Crippen molar-refractivity contribution in [2.24, 2.45) is 0 Å². The van der Waals surface area contributed by atoms with Gasteiger partial charge < -0.3 is 15.4 Å². The highest BCUT2D eigenvalue weighted by Gasteiger charge is 2.36. The number of benzene rings is 2. The van der Waals surface area contributed by atoms with Crippen molar-refractivity contribution in [2.45, 2.75) is 52.3 Å². The summed E-state index contributed by atoms with van der Waals surface area (Å²) in [6.45, 7) is 7.38. The third kappa shape index (κ3) is 6.07. The van der Waals surface area contributed by atoms with Gasteiger partial charge in [-0.3, -0.25) is 14.5 Å². The van der Waals surface area contributed by atoms with Crippen LogP contribution in [-0.2, 0) is 27.3 Å². The van der Waals surface area contributed by atoms with Crippen LogP contribution in [0.2, 0.25) is 0 Å². The number of nitrogens with one attached hydrogen (secondary N) is 2. The van der Waals surface area contributed by atoms with Crippen LogP contribution < -0.4 is 10.6 Å². The van der Waals surface area contributed by atoms with E-state index in [9.17, 15) is 14.4 Å². The molecule has 0 aromatic heterocycles. The molecule has 1 heterocycles. The second kappa shape index (κ2) is 9.20. The zero-order chi connectivity index (χ0) is 22.6. The maximum atomic E-state index is 13.0. The van der Waals surface area contributed by atoms with Crippen LogP contribution in [0, 0.1) is 6.92 Å². The molecule has 0 radical (unpaired) electrons. The summed E-state index contributed by atoms with van der Waals surface area (Å²) >= 11 is 0. The van der Waals surface area contributed by atoms with Crippen molar-refractivity contribution in [3.63, 3.8) is 0 Å². The predicted octanol–water partition coefficient (Wildman–Crippen LogP) is 3.41. The Morgan fingerprint density at radius 2 is 1.77 bits per heavy atom. The number of aryl methyl sites for hydroxylation is 1. The van der Waals surface area contributed by atoms with Gasteiger partial charge in [0, 0.05) is 12.1 Å². The van der Waals surface area contributed by atoms with Gasteiger partial charge in [-0.1, -0.05) is 36.4 Å². The van der Waals surface area contributed by atoms with Crippen LogP contribution in [0.5, 0.6) is 0 Å². The van der Waals surface area contributed by atoms with Crippen molar-refractivity contribution in [3.05, 3.63) is 65.2 Å². The number of nitrogens with zero attached hydrogens (tertiary/aromatic N) is 1. The molecular weight excluding hydrogens is 394 g/mol. The van der Waals surface area contributed by atoms with Gasteiger partial charge in [-0.15, -0.1) is 0 Å². The minimum absolute atomic E-state index is 0.187. The molecule has 7 heteroatoms. The fourth-order valence-electron chi connectivity index (χ4n) is 3.48. The van der Waals surface area contributed by atoms with E-state index >= 15 is 0 Å². The summed E-state index contributed by atoms with van der Waals surface area (Å²) < 4.78 is 5.52. The van der Waals surface area contributed by atoms with Crippen LogP contribution in [0.1, 0.15) is 37.5 Å². The summed E-state index contributed by atoms with van der Waals surface area (Å²) in [5.74, 6) is -0.723. The Kier molecular flexibility index (Phi) is 6.63. The maximum absolute atomic E-state index is 13.0. The minimum Gasteiger partial charge on any atom is -0.444 e. The van der Waals surface area contributed by atoms with Crippen molar-refractivity contribution in [2.75, 3.05) is 11.9 Å². The van der Waals surface area contributed by atoms with E-state index in [-0.39, 0.29) is 24.9 Å². The molecule has 0 saturated carbocycles. The number of carbonyl (C=O) groups excluding carboxylic acids is 3. The lowest BCUT2D eigenvalue weighted by Crippen LogP contribution is -2.54. The van der Waals surface area contributed by atoms with E-state index in [1.165, 1.54) is 4.90 Å². The third-order valence-electron chi connectivity index (χ3n) is 4.90. The number of hydrogen-bond acceptors (Lipinski definition) is 4. The van der Waals surface area contributed by atoms with Crippen molar-refractivity contribution in [1.82, 2.24) is 10.2 Å². The number of carbonyl (C=O) groups is 3. The zero-order valence-corrected chi connectivity index (χ0v) is 18.4. The van der Waals surface area contributed by atoms with E-state index in [0.717, 1.165) is 16.7 Å². The molecule has 164 valence electrons. The van der Waals surface area contributed by atoms with Crippen LogP contribution >= 0.6 is 0 Å². The molecule has 1 aliphatic rings. The molecule has 1 atom stereocenters. The third-order valence-corrected chi connectivity index (χ3v) is 4.90. The number of amides is 3. The molecule has 3 rings (SSSR count). The van der Waals surface area contributed by atoms with E-state index in [4.69, 9.17) is 4.74 Å². The lowest BCUT2D eigenvalue weighted by Gasteiger charge is -2.36. The fraction of sp³-hybridized carbons (Fsp3) is 0.375. The number of rotatable bonds is 4. The van der Waals surface area contributed by atoms with Crippen LogP contribution in [0.15, 0.2) is 48.5 Å². The minimum atomic E-state index is -0.753. The van der Waals surface area contributed by atoms with Gasteiger partial charge >= 0.3 is 6.09 Å². The summed E-state index contributed by atoms with van der Waals surface area (Å²) in [5.41, 5.74) is 3.00. The van der Waals surface area contributed by atoms with E-state index in [0.29, 0.717) is 12.1 Å². The molecule has 0 saturated heterocycles. The molecule has 2 aromatic rings. The summed E-state index contributed by atoms with van der Waals surface area (Å²) in [6.07, 6.45) is -0.188. The van der Waals surface area contributed by atoms with Crippen molar-refractivity contribution < 1.29 is 19.1 Å². The second-order valence-corrected chi connectivity index (χ2v) is 8.73. The van der Waals surface area contributed by atoms with Crippen LogP contribution in [0.25, 0.3) is 0 Å². The normalized spacial score (nSPS) is 15.6. The Labute approximate surface area is 182 Å². The zero-order valence-electron chi connectivity index (χ0n) is 18.4. The monoisotopic (exact) mass is 423 g/mol. The summed E-state index contributed by atoms with van der Waals surface area (Å²) in [5, 5.41) is 5.43. The Morgan fingerprint density at radius 3 is 2.45 bits per heavy atom. The summed E-state index contributed by atoms with van der Waals surface area (Å²) in [7, 11) is 0. The molecule has 0 bridgehead atoms. The van der Waals surface area contributed by atoms with Gasteiger partial charge in [0.2, 0.25) is 11.8 Å². The van der Waals surface area contributed by atoms with Crippen molar-refractivity contribution in [1.29, 1.82) is 0 Å². The number of hydrogen-bond donors (Lipinski definition) is 2. The van der Waals surface area contributed by atoms with Crippen LogP contribution in [-0.4, -0.2) is 41.0 Å². The van der Waals surface area contributed by atoms with Gasteiger partial charge in [-0.2, -0.15) is 0 Å². The number of fused-ring (bicyclic) bond motifs is 1. The first-order valence-electron chi connectivity index (χ1n) is 10.3. The quantitative estimate of drug-likeness (QED) is 0.789. The van der Waals surface area contributed by atoms with E-state index in [2.05, 4.69) is 10.6 Å². The van der Waals surface area contributed by atoms with E-state index in [1.807, 2.05) is 49.4 Å². The first kappa shape index (κ1) is 22.3. The lowest BCUT2D eigenvalue weighted by atomic mass is 9.94. The molecule has 0 spiro atoms. The molecule has 0 unspecified atom stereocenters. The van der Waals surface area contributed by atoms with Crippen LogP contribution in [0.3, 0.4) is 0 Å². The van der Waals surface area contributed by atoms with Crippen molar-refractivity contribution >= 4 is 23.6 Å². The predicted molar refractivity (Wildman–Crippen MR) is 119 cm³/mol. The van der Waals surface area contributed by atoms with Crippen LogP contribution in [0.4, 0.5) is 10.5 Å². The molecule has 0 fully saturated rings. The number of anilines is 1. The highest BCUT2D eigenvalue weighted by Crippen LogP contribution is 2.25. The van der Waals surface area contributed by atoms with E-state index < -0.39 is 17.7 Å². The number of ether oxygens (including phenoxy) is 1. The molecule has 7 nitrogen and oxygen atoms in total. The highest BCUT2D eigenvalue weighted by atomic mass is 16.6. The summed E-state index contributed by atoms with van der Waals surface area (Å²) in [6, 6.07) is 14.4. The van der Waals surface area contributed by atoms with Gasteiger partial charge in [0.1, 0.15) is 11.6 Å². The van der Waals surface area contributed by atoms with Gasteiger partial charge in [-0.05, 0) is 56.5 Å². The average molecular weight is 424 g/mol. The van der Waals surface area contributed by atoms with E-state index in [1.54, 1.807) is 26.8 Å². The first-order valence-corrected chi connectivity index (χ1v) is 10.3. The second-order valence-electron chi connectivity index (χ2n) is 8.73. The Balaban J connectivity index is 1.68. The first-order chi connectivity index (χ1) is 14.6. The lowest BCUT2D eigenvalue weighted by molar-refractivity contribution is -0.128. The summed E-state index contributed by atoms with van der Waals surface area (Å²) in [4.78, 5) is 39.5. The van der Waals surface area contributed by atoms with Gasteiger partial charge in [0.05, 0.1) is 13.1 Å². The van der Waals surface area contributed by atoms with Gasteiger partial charge in [0.15, 0.2) is 0 Å². The Morgan fingerprint density at radius 1 is 1.06 bits per heavy atom. The molecule has 3 amide bonds. The Bertz CT molecular complexity index is 981. The van der Waals surface area contributed by atoms with Gasteiger partial charge in [-0.25, -0.2) is 4.79 Å². The van der Waals surface area contributed by atoms with Gasteiger partial charge in [0.25, 0.3) is 0 Å². The largest absolute Gasteiger partial charge is 0.444 e. The topological polar surface area (TPSA) is 87.7 Å². The molecule has 31 heavy (non-hydrogen) atoms.